The van der Waals surface area contributed by atoms with Crippen LogP contribution in [0.5, 0.6) is 0 Å². The normalized spacial score (nSPS) is 20.6. The molecule has 8 heteroatoms. The van der Waals surface area contributed by atoms with Gasteiger partial charge in [0.2, 0.25) is 0 Å². The first-order chi connectivity index (χ1) is 9.33. The van der Waals surface area contributed by atoms with Gasteiger partial charge in [-0.3, -0.25) is 0 Å². The molecule has 1 aromatic rings. The SMILES string of the molecule is O=c1nc(N2CCOCC2)sc(N2CCOCC2)n1. The highest BCUT2D eigenvalue weighted by Crippen LogP contribution is 2.25. The molecule has 0 spiro atoms. The zero-order valence-electron chi connectivity index (χ0n) is 10.6. The summed E-state index contributed by atoms with van der Waals surface area (Å²) in [5.74, 6) is 0. The average molecular weight is 284 g/mol. The Hall–Kier alpha value is -1.25. The molecule has 104 valence electrons. The molecular weight excluding hydrogens is 268 g/mol. The second-order valence-corrected chi connectivity index (χ2v) is 5.31. The third kappa shape index (κ3) is 3.02. The molecule has 0 N–H and O–H groups in total. The van der Waals surface area contributed by atoms with Gasteiger partial charge in [-0.15, -0.1) is 0 Å². The molecule has 0 atom stereocenters. The number of ether oxygens (including phenoxy) is 2. The van der Waals surface area contributed by atoms with Gasteiger partial charge in [0.05, 0.1) is 26.4 Å². The number of rotatable bonds is 2. The molecular formula is C11H16N4O3S. The summed E-state index contributed by atoms with van der Waals surface area (Å²) in [6, 6.07) is 0. The van der Waals surface area contributed by atoms with Crippen molar-refractivity contribution in [1.82, 2.24) is 9.97 Å². The molecule has 1 aromatic heterocycles. The van der Waals surface area contributed by atoms with E-state index in [0.717, 1.165) is 36.4 Å². The van der Waals surface area contributed by atoms with Crippen LogP contribution >= 0.6 is 11.3 Å². The van der Waals surface area contributed by atoms with Gasteiger partial charge in [0.25, 0.3) is 0 Å². The van der Waals surface area contributed by atoms with E-state index in [1.165, 1.54) is 11.3 Å². The topological polar surface area (TPSA) is 67.8 Å². The van der Waals surface area contributed by atoms with E-state index in [-0.39, 0.29) is 0 Å². The Bertz CT molecular complexity index is 444. The first kappa shape index (κ1) is 12.8. The van der Waals surface area contributed by atoms with Crippen molar-refractivity contribution in [2.45, 2.75) is 0 Å². The van der Waals surface area contributed by atoms with Crippen LogP contribution in [0.1, 0.15) is 0 Å². The van der Waals surface area contributed by atoms with Crippen LogP contribution < -0.4 is 15.5 Å². The molecule has 19 heavy (non-hydrogen) atoms. The molecule has 0 unspecified atom stereocenters. The molecule has 0 aromatic carbocycles. The summed E-state index contributed by atoms with van der Waals surface area (Å²) in [6.45, 7) is 5.81. The predicted octanol–water partition coefficient (Wildman–Crippen LogP) is -0.428. The molecule has 2 aliphatic rings. The van der Waals surface area contributed by atoms with Crippen molar-refractivity contribution in [1.29, 1.82) is 0 Å². The summed E-state index contributed by atoms with van der Waals surface area (Å²) < 4.78 is 10.6. The average Bonchev–Trinajstić information content (AvgIpc) is 2.48. The largest absolute Gasteiger partial charge is 0.378 e. The van der Waals surface area contributed by atoms with Crippen molar-refractivity contribution in [3.05, 3.63) is 10.5 Å². The van der Waals surface area contributed by atoms with Gasteiger partial charge in [0.1, 0.15) is 0 Å². The third-order valence-corrected chi connectivity index (χ3v) is 4.19. The maximum absolute atomic E-state index is 11.7. The lowest BCUT2D eigenvalue weighted by Crippen LogP contribution is -2.39. The highest BCUT2D eigenvalue weighted by molar-refractivity contribution is 7.18. The monoisotopic (exact) mass is 284 g/mol. The highest BCUT2D eigenvalue weighted by atomic mass is 32.1. The van der Waals surface area contributed by atoms with Gasteiger partial charge in [0.15, 0.2) is 10.3 Å². The fourth-order valence-corrected chi connectivity index (χ4v) is 3.13. The van der Waals surface area contributed by atoms with Gasteiger partial charge in [-0.25, -0.2) is 4.79 Å². The number of aromatic nitrogens is 2. The van der Waals surface area contributed by atoms with E-state index in [2.05, 4.69) is 19.8 Å². The number of hydrogen-bond donors (Lipinski definition) is 0. The zero-order chi connectivity index (χ0) is 13.1. The summed E-state index contributed by atoms with van der Waals surface area (Å²) >= 11 is 1.47. The summed E-state index contributed by atoms with van der Waals surface area (Å²) in [7, 11) is 0. The molecule has 0 bridgehead atoms. The fourth-order valence-electron chi connectivity index (χ4n) is 2.10. The van der Waals surface area contributed by atoms with Crippen LogP contribution in [0.4, 0.5) is 10.3 Å². The molecule has 0 aliphatic carbocycles. The Morgan fingerprint density at radius 2 is 1.26 bits per heavy atom. The molecule has 0 saturated carbocycles. The lowest BCUT2D eigenvalue weighted by Gasteiger charge is -2.29. The Morgan fingerprint density at radius 1 is 0.842 bits per heavy atom. The van der Waals surface area contributed by atoms with Crippen molar-refractivity contribution in [3.63, 3.8) is 0 Å². The summed E-state index contributed by atoms with van der Waals surface area (Å²) in [5.41, 5.74) is -0.415. The standard InChI is InChI=1S/C11H16N4O3S/c16-9-12-10(14-1-5-17-6-2-14)19-11(13-9)15-3-7-18-8-4-15/h1-8H2. The van der Waals surface area contributed by atoms with E-state index < -0.39 is 5.69 Å². The van der Waals surface area contributed by atoms with E-state index in [1.807, 2.05) is 0 Å². The lowest BCUT2D eigenvalue weighted by molar-refractivity contribution is 0.122. The number of morpholine rings is 2. The Balaban J connectivity index is 1.84. The smallest absolute Gasteiger partial charge is 0.372 e. The minimum Gasteiger partial charge on any atom is -0.378 e. The molecule has 3 heterocycles. The summed E-state index contributed by atoms with van der Waals surface area (Å²) in [6.07, 6.45) is 0. The van der Waals surface area contributed by atoms with Crippen LogP contribution in [0.25, 0.3) is 0 Å². The molecule has 2 fully saturated rings. The minimum atomic E-state index is -0.415. The Labute approximate surface area is 114 Å². The fraction of sp³-hybridized carbons (Fsp3) is 0.727. The molecule has 2 aliphatic heterocycles. The van der Waals surface area contributed by atoms with Crippen LogP contribution in [0.15, 0.2) is 4.79 Å². The molecule has 2 saturated heterocycles. The van der Waals surface area contributed by atoms with Gasteiger partial charge in [-0.05, 0) is 0 Å². The van der Waals surface area contributed by atoms with Crippen LogP contribution in [-0.4, -0.2) is 62.6 Å². The van der Waals surface area contributed by atoms with Gasteiger partial charge in [0, 0.05) is 26.2 Å². The lowest BCUT2D eigenvalue weighted by atomic mass is 10.5. The van der Waals surface area contributed by atoms with Crippen LogP contribution in [-0.2, 0) is 9.47 Å². The molecule has 0 amide bonds. The van der Waals surface area contributed by atoms with Crippen LogP contribution in [0.3, 0.4) is 0 Å². The second-order valence-electron chi connectivity index (χ2n) is 4.37. The highest BCUT2D eigenvalue weighted by Gasteiger charge is 2.19. The third-order valence-electron chi connectivity index (χ3n) is 3.13. The Morgan fingerprint density at radius 3 is 1.68 bits per heavy atom. The number of hydrogen-bond acceptors (Lipinski definition) is 8. The Kier molecular flexibility index (Phi) is 3.90. The zero-order valence-corrected chi connectivity index (χ0v) is 11.4. The van der Waals surface area contributed by atoms with E-state index in [0.29, 0.717) is 26.4 Å². The maximum atomic E-state index is 11.7. The predicted molar refractivity (Wildman–Crippen MR) is 72.2 cm³/mol. The van der Waals surface area contributed by atoms with E-state index in [9.17, 15) is 4.79 Å². The van der Waals surface area contributed by atoms with Crippen LogP contribution in [0.2, 0.25) is 0 Å². The van der Waals surface area contributed by atoms with Crippen molar-refractivity contribution in [2.24, 2.45) is 0 Å². The quantitative estimate of drug-likeness (QED) is 0.730. The second kappa shape index (κ2) is 5.81. The minimum absolute atomic E-state index is 0.415. The molecule has 0 radical (unpaired) electrons. The van der Waals surface area contributed by atoms with Crippen molar-refractivity contribution in [3.8, 4) is 0 Å². The van der Waals surface area contributed by atoms with Crippen LogP contribution in [0, 0.1) is 0 Å². The van der Waals surface area contributed by atoms with E-state index in [4.69, 9.17) is 9.47 Å². The maximum Gasteiger partial charge on any atom is 0.372 e. The first-order valence-corrected chi connectivity index (χ1v) is 7.19. The summed E-state index contributed by atoms with van der Waals surface area (Å²) in [4.78, 5) is 23.9. The van der Waals surface area contributed by atoms with Gasteiger partial charge in [-0.2, -0.15) is 9.97 Å². The van der Waals surface area contributed by atoms with Crippen molar-refractivity contribution >= 4 is 21.6 Å². The van der Waals surface area contributed by atoms with Gasteiger partial charge < -0.3 is 19.3 Å². The van der Waals surface area contributed by atoms with Gasteiger partial charge >= 0.3 is 5.69 Å². The van der Waals surface area contributed by atoms with E-state index >= 15 is 0 Å². The van der Waals surface area contributed by atoms with Gasteiger partial charge in [-0.1, -0.05) is 11.3 Å². The number of nitrogens with zero attached hydrogens (tertiary/aromatic N) is 4. The molecule has 7 nitrogen and oxygen atoms in total. The molecule has 3 rings (SSSR count). The van der Waals surface area contributed by atoms with Crippen molar-refractivity contribution in [2.75, 3.05) is 62.4 Å². The number of anilines is 2. The first-order valence-electron chi connectivity index (χ1n) is 6.37. The summed E-state index contributed by atoms with van der Waals surface area (Å²) in [5, 5.41) is 1.48. The van der Waals surface area contributed by atoms with E-state index in [1.54, 1.807) is 0 Å². The van der Waals surface area contributed by atoms with Crippen molar-refractivity contribution < 1.29 is 9.47 Å².